The Balaban J connectivity index is 1.93. The Morgan fingerprint density at radius 2 is 1.92 bits per heavy atom. The van der Waals surface area contributed by atoms with Gasteiger partial charge in [0.1, 0.15) is 5.69 Å². The number of nitroso groups, excluding NO2 is 1. The molecule has 7 heteroatoms. The summed E-state index contributed by atoms with van der Waals surface area (Å²) >= 11 is 5.23. The van der Waals surface area contributed by atoms with Gasteiger partial charge in [0.15, 0.2) is 5.11 Å². The molecular weight excluding hydrogens is 336 g/mol. The molecule has 0 saturated heterocycles. The predicted octanol–water partition coefficient (Wildman–Crippen LogP) is 3.52. The lowest BCUT2D eigenvalue weighted by Gasteiger charge is -2.30. The molecule has 1 aliphatic heterocycles. The zero-order valence-corrected chi connectivity index (χ0v) is 14.3. The summed E-state index contributed by atoms with van der Waals surface area (Å²) in [5, 5.41) is 12.3. The summed E-state index contributed by atoms with van der Waals surface area (Å²) in [7, 11) is 0. The topological polar surface area (TPSA) is 82.6 Å². The quantitative estimate of drug-likeness (QED) is 0.579. The SMILES string of the molecule is CC1=C(C(=O)Nc2cccc(N=O)c2)C(c2ccccc2)NC(=S)N1. The highest BCUT2D eigenvalue weighted by Gasteiger charge is 2.29. The minimum atomic E-state index is -0.359. The highest BCUT2D eigenvalue weighted by atomic mass is 32.1. The van der Waals surface area contributed by atoms with Crippen LogP contribution in [-0.4, -0.2) is 11.0 Å². The van der Waals surface area contributed by atoms with Crippen LogP contribution in [0.15, 0.2) is 71.0 Å². The first-order chi connectivity index (χ1) is 12.1. The third kappa shape index (κ3) is 3.72. The number of allylic oxidation sites excluding steroid dienone is 1. The van der Waals surface area contributed by atoms with Crippen molar-refractivity contribution in [2.24, 2.45) is 5.18 Å². The summed E-state index contributed by atoms with van der Waals surface area (Å²) in [4.78, 5) is 23.5. The Bertz CT molecular complexity index is 864. The van der Waals surface area contributed by atoms with Gasteiger partial charge in [-0.15, -0.1) is 4.91 Å². The zero-order chi connectivity index (χ0) is 17.8. The molecule has 0 aromatic heterocycles. The standard InChI is InChI=1S/C18H16N4O2S/c1-11-15(17(23)20-13-8-5-9-14(10-13)22-24)16(21-18(25)19-11)12-6-3-2-4-7-12/h2-10,16H,1H3,(H,20,23)(H2,19,21,25). The van der Waals surface area contributed by atoms with Gasteiger partial charge in [-0.3, -0.25) is 4.79 Å². The van der Waals surface area contributed by atoms with Crippen molar-refractivity contribution in [3.8, 4) is 0 Å². The van der Waals surface area contributed by atoms with Crippen LogP contribution in [0.25, 0.3) is 0 Å². The Kier molecular flexibility index (Phi) is 4.85. The largest absolute Gasteiger partial charge is 0.351 e. The van der Waals surface area contributed by atoms with Gasteiger partial charge < -0.3 is 16.0 Å². The van der Waals surface area contributed by atoms with Crippen LogP contribution in [0.5, 0.6) is 0 Å². The molecule has 1 aliphatic rings. The van der Waals surface area contributed by atoms with E-state index in [9.17, 15) is 9.70 Å². The van der Waals surface area contributed by atoms with Crippen molar-refractivity contribution < 1.29 is 4.79 Å². The second-order valence-corrected chi connectivity index (χ2v) is 5.98. The molecule has 0 aliphatic carbocycles. The molecule has 0 spiro atoms. The van der Waals surface area contributed by atoms with Crippen molar-refractivity contribution in [1.29, 1.82) is 0 Å². The molecule has 0 bridgehead atoms. The Morgan fingerprint density at radius 3 is 2.64 bits per heavy atom. The van der Waals surface area contributed by atoms with Crippen LogP contribution in [0.2, 0.25) is 0 Å². The van der Waals surface area contributed by atoms with Crippen LogP contribution in [0.3, 0.4) is 0 Å². The second kappa shape index (κ2) is 7.23. The summed E-state index contributed by atoms with van der Waals surface area (Å²) in [6.45, 7) is 1.81. The van der Waals surface area contributed by atoms with E-state index in [0.29, 0.717) is 22.1 Å². The lowest BCUT2D eigenvalue weighted by atomic mass is 9.95. The number of hydrogen-bond donors (Lipinski definition) is 3. The molecule has 1 heterocycles. The number of hydrogen-bond acceptors (Lipinski definition) is 4. The lowest BCUT2D eigenvalue weighted by molar-refractivity contribution is -0.113. The highest BCUT2D eigenvalue weighted by molar-refractivity contribution is 7.80. The van der Waals surface area contributed by atoms with E-state index in [1.165, 1.54) is 6.07 Å². The van der Waals surface area contributed by atoms with Crippen LogP contribution >= 0.6 is 12.2 Å². The van der Waals surface area contributed by atoms with Gasteiger partial charge >= 0.3 is 0 Å². The third-order valence-electron chi connectivity index (χ3n) is 3.86. The molecule has 1 atom stereocenters. The van der Waals surface area contributed by atoms with Crippen molar-refractivity contribution >= 4 is 34.6 Å². The van der Waals surface area contributed by atoms with Crippen molar-refractivity contribution in [3.63, 3.8) is 0 Å². The van der Waals surface area contributed by atoms with E-state index >= 15 is 0 Å². The number of anilines is 1. The van der Waals surface area contributed by atoms with E-state index in [0.717, 1.165) is 5.56 Å². The number of carbonyl (C=O) groups excluding carboxylic acids is 1. The summed E-state index contributed by atoms with van der Waals surface area (Å²) < 4.78 is 0. The summed E-state index contributed by atoms with van der Waals surface area (Å²) in [6, 6.07) is 15.7. The van der Waals surface area contributed by atoms with Gasteiger partial charge in [0, 0.05) is 11.4 Å². The molecule has 1 unspecified atom stereocenters. The van der Waals surface area contributed by atoms with Gasteiger partial charge in [-0.2, -0.15) is 0 Å². The number of nitrogens with zero attached hydrogens (tertiary/aromatic N) is 1. The predicted molar refractivity (Wildman–Crippen MR) is 101 cm³/mol. The maximum atomic E-state index is 12.9. The molecule has 0 saturated carbocycles. The number of nitrogens with one attached hydrogen (secondary N) is 3. The number of thiocarbonyl (C=S) groups is 1. The zero-order valence-electron chi connectivity index (χ0n) is 13.4. The van der Waals surface area contributed by atoms with E-state index in [4.69, 9.17) is 12.2 Å². The maximum Gasteiger partial charge on any atom is 0.255 e. The summed E-state index contributed by atoms with van der Waals surface area (Å²) in [5.74, 6) is -0.281. The molecule has 25 heavy (non-hydrogen) atoms. The summed E-state index contributed by atoms with van der Waals surface area (Å²) in [5.41, 5.74) is 2.90. The third-order valence-corrected chi connectivity index (χ3v) is 4.08. The van der Waals surface area contributed by atoms with E-state index in [-0.39, 0.29) is 17.6 Å². The Morgan fingerprint density at radius 1 is 1.16 bits per heavy atom. The van der Waals surface area contributed by atoms with Crippen LogP contribution in [0.1, 0.15) is 18.5 Å². The molecular formula is C18H16N4O2S. The van der Waals surface area contributed by atoms with Crippen LogP contribution in [0.4, 0.5) is 11.4 Å². The van der Waals surface area contributed by atoms with Gasteiger partial charge in [0.2, 0.25) is 0 Å². The van der Waals surface area contributed by atoms with E-state index in [2.05, 4.69) is 21.1 Å². The minimum Gasteiger partial charge on any atom is -0.351 e. The van der Waals surface area contributed by atoms with Crippen LogP contribution < -0.4 is 16.0 Å². The fourth-order valence-electron chi connectivity index (χ4n) is 2.73. The molecule has 2 aromatic rings. The smallest absolute Gasteiger partial charge is 0.255 e. The fourth-order valence-corrected chi connectivity index (χ4v) is 3.00. The van der Waals surface area contributed by atoms with Crippen LogP contribution in [-0.2, 0) is 4.79 Å². The average Bonchev–Trinajstić information content (AvgIpc) is 2.61. The maximum absolute atomic E-state index is 12.9. The van der Waals surface area contributed by atoms with E-state index in [1.807, 2.05) is 30.3 Å². The number of benzene rings is 2. The summed E-state index contributed by atoms with van der Waals surface area (Å²) in [6.07, 6.45) is 0. The molecule has 3 rings (SSSR count). The molecule has 2 aromatic carbocycles. The minimum absolute atomic E-state index is 0.254. The molecule has 0 radical (unpaired) electrons. The van der Waals surface area contributed by atoms with Gasteiger partial charge in [0.05, 0.1) is 11.6 Å². The average molecular weight is 352 g/mol. The molecule has 6 nitrogen and oxygen atoms in total. The molecule has 126 valence electrons. The van der Waals surface area contributed by atoms with E-state index < -0.39 is 0 Å². The first-order valence-corrected chi connectivity index (χ1v) is 8.07. The normalized spacial score (nSPS) is 16.7. The number of carbonyl (C=O) groups is 1. The lowest BCUT2D eigenvalue weighted by Crippen LogP contribution is -2.45. The van der Waals surface area contributed by atoms with Crippen LogP contribution in [0, 0.1) is 4.91 Å². The number of amides is 1. The second-order valence-electron chi connectivity index (χ2n) is 5.58. The van der Waals surface area contributed by atoms with Crippen molar-refractivity contribution in [2.75, 3.05) is 5.32 Å². The molecule has 3 N–H and O–H groups in total. The Hall–Kier alpha value is -3.06. The Labute approximate surface area is 150 Å². The highest BCUT2D eigenvalue weighted by Crippen LogP contribution is 2.28. The first kappa shape index (κ1) is 16.8. The van der Waals surface area contributed by atoms with E-state index in [1.54, 1.807) is 25.1 Å². The van der Waals surface area contributed by atoms with Gasteiger partial charge in [-0.1, -0.05) is 36.4 Å². The fraction of sp³-hybridized carbons (Fsp3) is 0.111. The van der Waals surface area contributed by atoms with Gasteiger partial charge in [0.25, 0.3) is 5.91 Å². The van der Waals surface area contributed by atoms with Crippen molar-refractivity contribution in [2.45, 2.75) is 13.0 Å². The first-order valence-electron chi connectivity index (χ1n) is 7.66. The van der Waals surface area contributed by atoms with Crippen molar-refractivity contribution in [3.05, 3.63) is 76.3 Å². The number of rotatable bonds is 4. The van der Waals surface area contributed by atoms with Gasteiger partial charge in [-0.05, 0) is 48.1 Å². The van der Waals surface area contributed by atoms with Crippen molar-refractivity contribution in [1.82, 2.24) is 10.6 Å². The molecule has 1 amide bonds. The monoisotopic (exact) mass is 352 g/mol. The molecule has 0 fully saturated rings. The van der Waals surface area contributed by atoms with Gasteiger partial charge in [-0.25, -0.2) is 0 Å².